The first-order valence-corrected chi connectivity index (χ1v) is 4.83. The van der Waals surface area contributed by atoms with E-state index in [0.717, 1.165) is 25.8 Å². The molecule has 1 heteroatoms. The van der Waals surface area contributed by atoms with Crippen LogP contribution in [-0.4, -0.2) is 6.54 Å². The molecule has 1 rings (SSSR count). The normalized spacial score (nSPS) is 28.8. The minimum absolute atomic E-state index is 0.264. The van der Waals surface area contributed by atoms with Crippen LogP contribution in [0.1, 0.15) is 33.1 Å². The second-order valence-electron chi connectivity index (χ2n) is 3.63. The lowest BCUT2D eigenvalue weighted by Gasteiger charge is -2.31. The summed E-state index contributed by atoms with van der Waals surface area (Å²) in [7, 11) is 0. The molecule has 0 amide bonds. The predicted octanol–water partition coefficient (Wildman–Crippen LogP) is 2.64. The van der Waals surface area contributed by atoms with Crippen molar-refractivity contribution in [3.8, 4) is 0 Å². The number of allylic oxidation sites excluding steroid dienone is 3. The van der Waals surface area contributed by atoms with Crippen molar-refractivity contribution in [1.82, 2.24) is 0 Å². The molecule has 1 atom stereocenters. The van der Waals surface area contributed by atoms with Crippen molar-refractivity contribution < 1.29 is 0 Å². The van der Waals surface area contributed by atoms with E-state index in [4.69, 9.17) is 5.73 Å². The van der Waals surface area contributed by atoms with E-state index in [-0.39, 0.29) is 5.41 Å². The van der Waals surface area contributed by atoms with Crippen molar-refractivity contribution in [3.63, 3.8) is 0 Å². The molecule has 0 saturated heterocycles. The van der Waals surface area contributed by atoms with Gasteiger partial charge in [-0.15, -0.1) is 0 Å². The Morgan fingerprint density at radius 2 is 2.25 bits per heavy atom. The fourth-order valence-electron chi connectivity index (χ4n) is 1.73. The summed E-state index contributed by atoms with van der Waals surface area (Å²) in [5.74, 6) is 0. The summed E-state index contributed by atoms with van der Waals surface area (Å²) in [5.41, 5.74) is 7.58. The molecule has 1 aliphatic carbocycles. The second-order valence-corrected chi connectivity index (χ2v) is 3.63. The summed E-state index contributed by atoms with van der Waals surface area (Å²) in [4.78, 5) is 0. The Morgan fingerprint density at radius 3 is 2.75 bits per heavy atom. The highest BCUT2D eigenvalue weighted by atomic mass is 14.6. The van der Waals surface area contributed by atoms with Crippen LogP contribution in [0.15, 0.2) is 23.8 Å². The van der Waals surface area contributed by atoms with Crippen LogP contribution in [-0.2, 0) is 0 Å². The van der Waals surface area contributed by atoms with E-state index < -0.39 is 0 Å². The average Bonchev–Trinajstić information content (AvgIpc) is 2.18. The molecule has 0 bridgehead atoms. The number of hydrogen-bond donors (Lipinski definition) is 1. The van der Waals surface area contributed by atoms with E-state index in [0.29, 0.717) is 0 Å². The highest BCUT2D eigenvalue weighted by Gasteiger charge is 2.25. The molecule has 0 heterocycles. The first kappa shape index (κ1) is 9.53. The third kappa shape index (κ3) is 1.78. The predicted molar refractivity (Wildman–Crippen MR) is 53.9 cm³/mol. The summed E-state index contributed by atoms with van der Waals surface area (Å²) in [6, 6.07) is 0. The van der Waals surface area contributed by atoms with Crippen molar-refractivity contribution in [2.24, 2.45) is 11.1 Å². The van der Waals surface area contributed by atoms with Crippen molar-refractivity contribution in [2.75, 3.05) is 6.54 Å². The van der Waals surface area contributed by atoms with Gasteiger partial charge in [0.1, 0.15) is 0 Å². The minimum Gasteiger partial charge on any atom is -0.330 e. The zero-order valence-electron chi connectivity index (χ0n) is 8.14. The molecule has 1 aliphatic rings. The summed E-state index contributed by atoms with van der Waals surface area (Å²) >= 11 is 0. The highest BCUT2D eigenvalue weighted by Crippen LogP contribution is 2.34. The van der Waals surface area contributed by atoms with Crippen LogP contribution in [0.2, 0.25) is 0 Å². The van der Waals surface area contributed by atoms with Crippen LogP contribution in [0.25, 0.3) is 0 Å². The van der Waals surface area contributed by atoms with E-state index in [1.54, 1.807) is 0 Å². The van der Waals surface area contributed by atoms with Crippen molar-refractivity contribution >= 4 is 0 Å². The lowest BCUT2D eigenvalue weighted by atomic mass is 9.76. The number of hydrogen-bond acceptors (Lipinski definition) is 1. The summed E-state index contributed by atoms with van der Waals surface area (Å²) in [6.45, 7) is 5.20. The van der Waals surface area contributed by atoms with Gasteiger partial charge in [0.15, 0.2) is 0 Å². The summed E-state index contributed by atoms with van der Waals surface area (Å²) < 4.78 is 0. The zero-order chi connectivity index (χ0) is 9.03. The quantitative estimate of drug-likeness (QED) is 0.683. The van der Waals surface area contributed by atoms with Crippen LogP contribution >= 0.6 is 0 Å². The van der Waals surface area contributed by atoms with E-state index in [9.17, 15) is 0 Å². The first-order valence-electron chi connectivity index (χ1n) is 4.83. The smallest absolute Gasteiger partial charge is 0.00420 e. The van der Waals surface area contributed by atoms with Gasteiger partial charge >= 0.3 is 0 Å². The van der Waals surface area contributed by atoms with Gasteiger partial charge in [-0.25, -0.2) is 0 Å². The molecule has 0 aliphatic heterocycles. The van der Waals surface area contributed by atoms with Crippen LogP contribution in [0.3, 0.4) is 0 Å². The molecule has 0 radical (unpaired) electrons. The standard InChI is InChI=1S/C11H19N/c1-3-10-6-5-7-11(4-2,8-10)9-12/h5-7H,3-4,8-9,12H2,1-2H3. The lowest BCUT2D eigenvalue weighted by molar-refractivity contribution is 0.368. The van der Waals surface area contributed by atoms with E-state index in [2.05, 4.69) is 32.1 Å². The molecule has 0 fully saturated rings. The maximum absolute atomic E-state index is 5.79. The largest absolute Gasteiger partial charge is 0.330 e. The van der Waals surface area contributed by atoms with Crippen LogP contribution in [0.5, 0.6) is 0 Å². The topological polar surface area (TPSA) is 26.0 Å². The molecule has 1 unspecified atom stereocenters. The Morgan fingerprint density at radius 1 is 1.50 bits per heavy atom. The third-order valence-corrected chi connectivity index (χ3v) is 2.93. The van der Waals surface area contributed by atoms with Gasteiger partial charge in [-0.2, -0.15) is 0 Å². The van der Waals surface area contributed by atoms with Gasteiger partial charge in [0.05, 0.1) is 0 Å². The van der Waals surface area contributed by atoms with Gasteiger partial charge in [0.25, 0.3) is 0 Å². The Hall–Kier alpha value is -0.560. The first-order chi connectivity index (χ1) is 5.76. The van der Waals surface area contributed by atoms with Gasteiger partial charge in [0.2, 0.25) is 0 Å². The summed E-state index contributed by atoms with van der Waals surface area (Å²) in [6.07, 6.45) is 10.1. The monoisotopic (exact) mass is 165 g/mol. The van der Waals surface area contributed by atoms with Crippen molar-refractivity contribution in [2.45, 2.75) is 33.1 Å². The zero-order valence-corrected chi connectivity index (χ0v) is 8.14. The Bertz CT molecular complexity index is 197. The molecule has 68 valence electrons. The highest BCUT2D eigenvalue weighted by molar-refractivity contribution is 5.23. The molecule has 0 aromatic rings. The fraction of sp³-hybridized carbons (Fsp3) is 0.636. The van der Waals surface area contributed by atoms with E-state index >= 15 is 0 Å². The van der Waals surface area contributed by atoms with Crippen molar-refractivity contribution in [3.05, 3.63) is 23.8 Å². The Kier molecular flexibility index (Phi) is 3.10. The minimum atomic E-state index is 0.264. The molecule has 0 saturated carbocycles. The summed E-state index contributed by atoms with van der Waals surface area (Å²) in [5, 5.41) is 0. The molecule has 1 nitrogen and oxygen atoms in total. The van der Waals surface area contributed by atoms with Gasteiger partial charge in [-0.1, -0.05) is 37.6 Å². The SMILES string of the molecule is CCC1=CC=CC(CC)(CN)C1. The van der Waals surface area contributed by atoms with Gasteiger partial charge in [-0.3, -0.25) is 0 Å². The maximum Gasteiger partial charge on any atom is 0.00420 e. The number of nitrogens with two attached hydrogens (primary N) is 1. The number of rotatable bonds is 3. The fourth-order valence-corrected chi connectivity index (χ4v) is 1.73. The lowest BCUT2D eigenvalue weighted by Crippen LogP contribution is -2.29. The van der Waals surface area contributed by atoms with Gasteiger partial charge in [0, 0.05) is 12.0 Å². The third-order valence-electron chi connectivity index (χ3n) is 2.93. The molecule has 12 heavy (non-hydrogen) atoms. The molecular formula is C11H19N. The van der Waals surface area contributed by atoms with Crippen LogP contribution in [0, 0.1) is 5.41 Å². The molecule has 2 N–H and O–H groups in total. The maximum atomic E-state index is 5.79. The molecule has 0 spiro atoms. The van der Waals surface area contributed by atoms with E-state index in [1.165, 1.54) is 5.57 Å². The van der Waals surface area contributed by atoms with Gasteiger partial charge < -0.3 is 5.73 Å². The Labute approximate surface area is 75.3 Å². The second kappa shape index (κ2) is 3.90. The Balaban J connectivity index is 2.73. The van der Waals surface area contributed by atoms with Crippen LogP contribution < -0.4 is 5.73 Å². The van der Waals surface area contributed by atoms with Crippen LogP contribution in [0.4, 0.5) is 0 Å². The average molecular weight is 165 g/mol. The van der Waals surface area contributed by atoms with E-state index in [1.807, 2.05) is 0 Å². The molecular weight excluding hydrogens is 146 g/mol. The van der Waals surface area contributed by atoms with Gasteiger partial charge in [-0.05, 0) is 19.3 Å². The van der Waals surface area contributed by atoms with Crippen molar-refractivity contribution in [1.29, 1.82) is 0 Å². The molecule has 0 aromatic heterocycles. The molecule has 0 aromatic carbocycles.